The Morgan fingerprint density at radius 1 is 1.43 bits per heavy atom. The van der Waals surface area contributed by atoms with Gasteiger partial charge in [-0.1, -0.05) is 0 Å². The summed E-state index contributed by atoms with van der Waals surface area (Å²) in [5, 5.41) is 8.68. The van der Waals surface area contributed by atoms with Crippen LogP contribution < -0.4 is 4.72 Å². The number of nitrogens with one attached hydrogen (secondary N) is 1. The molecule has 1 aromatic rings. The van der Waals surface area contributed by atoms with E-state index in [1.807, 2.05) is 4.72 Å². The van der Waals surface area contributed by atoms with E-state index in [0.29, 0.717) is 5.82 Å². The summed E-state index contributed by atoms with van der Waals surface area (Å²) in [6.07, 6.45) is 1.83. The molecule has 0 amide bonds. The van der Waals surface area contributed by atoms with E-state index in [2.05, 4.69) is 4.98 Å². The fourth-order valence-corrected chi connectivity index (χ4v) is 3.40. The fourth-order valence-electron chi connectivity index (χ4n) is 1.47. The molecule has 1 aromatic heterocycles. The van der Waals surface area contributed by atoms with Crippen LogP contribution in [0.3, 0.4) is 0 Å². The molecule has 0 aliphatic heterocycles. The van der Waals surface area contributed by atoms with Gasteiger partial charge in [-0.15, -0.1) is 0 Å². The molecule has 9 nitrogen and oxygen atoms in total. The summed E-state index contributed by atoms with van der Waals surface area (Å²) in [6.45, 7) is 1.59. The highest BCUT2D eigenvalue weighted by molar-refractivity contribution is 7.90. The normalized spacial score (nSPS) is 14.0. The molecule has 1 heterocycles. The first-order valence-electron chi connectivity index (χ1n) is 5.85. The van der Waals surface area contributed by atoms with Crippen LogP contribution in [0.2, 0.25) is 0 Å². The molecule has 0 bridgehead atoms. The number of aliphatic carboxylic acids is 1. The highest BCUT2D eigenvalue weighted by Crippen LogP contribution is 2.09. The zero-order chi connectivity index (χ0) is 16.4. The summed E-state index contributed by atoms with van der Waals surface area (Å²) in [6, 6.07) is -1.54. The van der Waals surface area contributed by atoms with Gasteiger partial charge in [-0.2, -0.15) is 4.72 Å². The molecular weight excluding hydrogens is 322 g/mol. The lowest BCUT2D eigenvalue weighted by molar-refractivity contribution is -0.139. The molecule has 1 rings (SSSR count). The Bertz CT molecular complexity index is 715. The Hall–Kier alpha value is -1.46. The van der Waals surface area contributed by atoms with E-state index in [0.717, 1.165) is 6.26 Å². The molecule has 1 unspecified atom stereocenters. The maximum absolute atomic E-state index is 12.0. The molecule has 21 heavy (non-hydrogen) atoms. The molecule has 0 aliphatic carbocycles. The molecule has 0 radical (unpaired) electrons. The monoisotopic (exact) mass is 339 g/mol. The molecule has 1 atom stereocenters. The van der Waals surface area contributed by atoms with E-state index in [-0.39, 0.29) is 11.4 Å². The molecule has 11 heteroatoms. The maximum atomic E-state index is 12.0. The smallest absolute Gasteiger partial charge is 0.321 e. The van der Waals surface area contributed by atoms with Crippen LogP contribution in [0.25, 0.3) is 0 Å². The van der Waals surface area contributed by atoms with Crippen molar-refractivity contribution in [3.63, 3.8) is 0 Å². The van der Waals surface area contributed by atoms with E-state index in [9.17, 15) is 21.6 Å². The lowest BCUT2D eigenvalue weighted by Crippen LogP contribution is -2.41. The van der Waals surface area contributed by atoms with Gasteiger partial charge in [0.2, 0.25) is 0 Å². The average Bonchev–Trinajstić information content (AvgIpc) is 2.64. The number of carboxylic acids is 1. The highest BCUT2D eigenvalue weighted by atomic mass is 32.2. The second-order valence-electron chi connectivity index (χ2n) is 4.67. The lowest BCUT2D eigenvalue weighted by Gasteiger charge is -2.13. The molecule has 2 N–H and O–H groups in total. The number of nitrogens with zero attached hydrogens (tertiary/aromatic N) is 2. The van der Waals surface area contributed by atoms with Crippen molar-refractivity contribution in [2.24, 2.45) is 7.05 Å². The van der Waals surface area contributed by atoms with Gasteiger partial charge in [-0.05, 0) is 13.3 Å². The van der Waals surface area contributed by atoms with Crippen molar-refractivity contribution >= 4 is 25.8 Å². The van der Waals surface area contributed by atoms with Crippen molar-refractivity contribution in [3.05, 3.63) is 12.0 Å². The fraction of sp³-hybridized carbons (Fsp3) is 0.600. The average molecular weight is 339 g/mol. The van der Waals surface area contributed by atoms with Gasteiger partial charge in [-0.3, -0.25) is 4.79 Å². The molecule has 120 valence electrons. The van der Waals surface area contributed by atoms with E-state index in [4.69, 9.17) is 5.11 Å². The molecule has 0 spiro atoms. The maximum Gasteiger partial charge on any atom is 0.321 e. The third-order valence-corrected chi connectivity index (χ3v) is 5.05. The molecule has 0 fully saturated rings. The number of rotatable bonds is 7. The zero-order valence-electron chi connectivity index (χ0n) is 11.8. The first-order valence-corrected chi connectivity index (χ1v) is 9.39. The topological polar surface area (TPSA) is 135 Å². The minimum Gasteiger partial charge on any atom is -0.480 e. The highest BCUT2D eigenvalue weighted by Gasteiger charge is 2.28. The quantitative estimate of drug-likeness (QED) is 0.643. The number of imidazole rings is 1. The molecular formula is C10H17N3O6S2. The molecule has 0 saturated carbocycles. The van der Waals surface area contributed by atoms with Crippen molar-refractivity contribution in [2.45, 2.75) is 24.4 Å². The predicted molar refractivity (Wildman–Crippen MR) is 74.0 cm³/mol. The number of carbonyl (C=O) groups is 1. The number of sulfone groups is 1. The Balaban J connectivity index is 2.95. The number of aryl methyl sites for hydroxylation is 2. The van der Waals surface area contributed by atoms with Gasteiger partial charge in [0.25, 0.3) is 10.0 Å². The summed E-state index contributed by atoms with van der Waals surface area (Å²) in [4.78, 5) is 14.9. The van der Waals surface area contributed by atoms with Gasteiger partial charge in [0, 0.05) is 19.5 Å². The minimum absolute atomic E-state index is 0.312. The van der Waals surface area contributed by atoms with Crippen LogP contribution in [-0.2, 0) is 31.7 Å². The Kier molecular flexibility index (Phi) is 5.12. The number of sulfonamides is 1. The van der Waals surface area contributed by atoms with Crippen LogP contribution in [0, 0.1) is 6.92 Å². The van der Waals surface area contributed by atoms with Gasteiger partial charge in [0.1, 0.15) is 21.7 Å². The van der Waals surface area contributed by atoms with Gasteiger partial charge >= 0.3 is 5.97 Å². The largest absolute Gasteiger partial charge is 0.480 e. The summed E-state index contributed by atoms with van der Waals surface area (Å²) in [5.74, 6) is -1.44. The van der Waals surface area contributed by atoms with Gasteiger partial charge in [-0.25, -0.2) is 21.8 Å². The van der Waals surface area contributed by atoms with Gasteiger partial charge in [0.15, 0.2) is 5.03 Å². The van der Waals surface area contributed by atoms with E-state index >= 15 is 0 Å². The van der Waals surface area contributed by atoms with E-state index in [1.165, 1.54) is 10.8 Å². The van der Waals surface area contributed by atoms with Crippen molar-refractivity contribution < 1.29 is 26.7 Å². The van der Waals surface area contributed by atoms with Gasteiger partial charge < -0.3 is 9.67 Å². The second-order valence-corrected chi connectivity index (χ2v) is 8.59. The lowest BCUT2D eigenvalue weighted by atomic mass is 10.2. The number of hydrogen-bond donors (Lipinski definition) is 2. The Morgan fingerprint density at radius 2 is 2.00 bits per heavy atom. The third kappa shape index (κ3) is 5.10. The SMILES string of the molecule is Cc1nc(S(=O)(=O)NC(CCS(C)(=O)=O)C(=O)O)cn1C. The minimum atomic E-state index is -4.13. The van der Waals surface area contributed by atoms with Crippen LogP contribution in [0.5, 0.6) is 0 Å². The van der Waals surface area contributed by atoms with E-state index in [1.54, 1.807) is 14.0 Å². The van der Waals surface area contributed by atoms with Crippen molar-refractivity contribution in [3.8, 4) is 0 Å². The Labute approximate surface area is 123 Å². The molecule has 0 aliphatic rings. The summed E-state index contributed by atoms with van der Waals surface area (Å²) in [7, 11) is -5.93. The van der Waals surface area contributed by atoms with Crippen molar-refractivity contribution in [2.75, 3.05) is 12.0 Å². The number of hydrogen-bond acceptors (Lipinski definition) is 6. The van der Waals surface area contributed by atoms with Crippen LogP contribution >= 0.6 is 0 Å². The van der Waals surface area contributed by atoms with E-state index < -0.39 is 37.6 Å². The van der Waals surface area contributed by atoms with Crippen molar-refractivity contribution in [1.29, 1.82) is 0 Å². The zero-order valence-corrected chi connectivity index (χ0v) is 13.4. The number of aromatic nitrogens is 2. The van der Waals surface area contributed by atoms with Crippen LogP contribution in [-0.4, -0.2) is 55.5 Å². The predicted octanol–water partition coefficient (Wildman–Crippen LogP) is -1.11. The third-order valence-electron chi connectivity index (χ3n) is 2.73. The van der Waals surface area contributed by atoms with Crippen LogP contribution in [0.1, 0.15) is 12.2 Å². The first kappa shape index (κ1) is 17.6. The van der Waals surface area contributed by atoms with Crippen LogP contribution in [0.15, 0.2) is 11.2 Å². The summed E-state index contributed by atoms with van der Waals surface area (Å²) < 4.78 is 49.6. The molecule has 0 aromatic carbocycles. The Morgan fingerprint density at radius 3 is 2.38 bits per heavy atom. The second kappa shape index (κ2) is 6.12. The molecule has 0 saturated heterocycles. The summed E-state index contributed by atoms with van der Waals surface area (Å²) >= 11 is 0. The summed E-state index contributed by atoms with van der Waals surface area (Å²) in [5.41, 5.74) is 0. The number of carboxylic acid groups (broad SMARTS) is 1. The van der Waals surface area contributed by atoms with Gasteiger partial charge in [0.05, 0.1) is 5.75 Å². The standard InChI is InChI=1S/C10H17N3O6S2/c1-7-11-9(6-13(7)2)21(18,19)12-8(10(14)15)4-5-20(3,16)17/h6,8,12H,4-5H2,1-3H3,(H,14,15). The first-order chi connectivity index (χ1) is 9.42. The van der Waals surface area contributed by atoms with Crippen LogP contribution in [0.4, 0.5) is 0 Å². The van der Waals surface area contributed by atoms with Crippen molar-refractivity contribution in [1.82, 2.24) is 14.3 Å².